The number of alkyl halides is 3. The number of aliphatic imine (C=N–C) groups is 2. The second-order valence-corrected chi connectivity index (χ2v) is 7.31. The van der Waals surface area contributed by atoms with Crippen molar-refractivity contribution < 1.29 is 22.7 Å². The SMILES string of the molecule is COc1ccnc(C2=N/C(N(C)CC(=O)NC3(C(F)(F)F)CC3)=C/CCC\C=N\2)c1. The molecule has 0 radical (unpaired) electrons. The molecular weight excluding hydrogens is 399 g/mol. The van der Waals surface area contributed by atoms with Crippen molar-refractivity contribution in [2.24, 2.45) is 9.98 Å². The third kappa shape index (κ3) is 5.17. The summed E-state index contributed by atoms with van der Waals surface area (Å²) in [5, 5.41) is 2.14. The van der Waals surface area contributed by atoms with Gasteiger partial charge in [0.1, 0.15) is 22.8 Å². The summed E-state index contributed by atoms with van der Waals surface area (Å²) in [7, 11) is 3.15. The molecule has 162 valence electrons. The number of nitrogens with one attached hydrogen (secondary N) is 1. The van der Waals surface area contributed by atoms with E-state index in [-0.39, 0.29) is 19.4 Å². The first kappa shape index (κ1) is 21.8. The number of pyridine rings is 1. The zero-order chi connectivity index (χ0) is 21.8. The van der Waals surface area contributed by atoms with Gasteiger partial charge in [-0.1, -0.05) is 0 Å². The molecule has 0 aromatic carbocycles. The second-order valence-electron chi connectivity index (χ2n) is 7.31. The van der Waals surface area contributed by atoms with Gasteiger partial charge < -0.3 is 15.0 Å². The maximum Gasteiger partial charge on any atom is 0.411 e. The second kappa shape index (κ2) is 8.85. The molecule has 1 aliphatic heterocycles. The van der Waals surface area contributed by atoms with Crippen LogP contribution < -0.4 is 10.1 Å². The number of amidine groups is 1. The van der Waals surface area contributed by atoms with E-state index in [4.69, 9.17) is 4.74 Å². The van der Waals surface area contributed by atoms with Gasteiger partial charge in [-0.15, -0.1) is 0 Å². The van der Waals surface area contributed by atoms with Crippen molar-refractivity contribution in [2.75, 3.05) is 20.7 Å². The lowest BCUT2D eigenvalue weighted by Gasteiger charge is -2.24. The van der Waals surface area contributed by atoms with E-state index < -0.39 is 17.6 Å². The number of amides is 1. The summed E-state index contributed by atoms with van der Waals surface area (Å²) < 4.78 is 44.5. The van der Waals surface area contributed by atoms with Crippen molar-refractivity contribution in [3.63, 3.8) is 0 Å². The van der Waals surface area contributed by atoms with Crippen molar-refractivity contribution in [1.29, 1.82) is 0 Å². The Balaban J connectivity index is 1.78. The van der Waals surface area contributed by atoms with Crippen LogP contribution in [0.3, 0.4) is 0 Å². The molecule has 1 amide bonds. The van der Waals surface area contributed by atoms with Crippen molar-refractivity contribution in [1.82, 2.24) is 15.2 Å². The molecule has 0 unspecified atom stereocenters. The average Bonchev–Trinajstić information content (AvgIpc) is 3.46. The van der Waals surface area contributed by atoms with Gasteiger partial charge in [0.25, 0.3) is 0 Å². The highest BCUT2D eigenvalue weighted by atomic mass is 19.4. The van der Waals surface area contributed by atoms with E-state index in [9.17, 15) is 18.0 Å². The normalized spacial score (nSPS) is 22.8. The molecule has 1 fully saturated rings. The molecule has 0 spiro atoms. The predicted octanol–water partition coefficient (Wildman–Crippen LogP) is 3.08. The van der Waals surface area contributed by atoms with Crippen LogP contribution in [0.15, 0.2) is 40.2 Å². The lowest BCUT2D eigenvalue weighted by Crippen LogP contribution is -2.50. The number of aromatic nitrogens is 1. The van der Waals surface area contributed by atoms with Gasteiger partial charge in [-0.05, 0) is 44.2 Å². The van der Waals surface area contributed by atoms with E-state index >= 15 is 0 Å². The standard InChI is InChI=1S/C20H24F3N5O2/c1-28(13-17(29)27-19(8-9-19)20(21,22)23)16-6-4-3-5-10-25-18(26-16)15-12-14(30-2)7-11-24-15/h6-7,10-12H,3-5,8-9,13H2,1-2H3,(H,27,29)/b16-6-,25-10+,26-18-. The molecule has 2 heterocycles. The zero-order valence-electron chi connectivity index (χ0n) is 16.9. The Morgan fingerprint density at radius 1 is 1.33 bits per heavy atom. The molecule has 30 heavy (non-hydrogen) atoms. The van der Waals surface area contributed by atoms with Crippen LogP contribution >= 0.6 is 0 Å². The van der Waals surface area contributed by atoms with Crippen LogP contribution in [0.1, 0.15) is 37.8 Å². The maximum absolute atomic E-state index is 13.1. The Labute approximate surface area is 172 Å². The first-order chi connectivity index (χ1) is 14.2. The summed E-state index contributed by atoms with van der Waals surface area (Å²) in [5.41, 5.74) is -1.59. The zero-order valence-corrected chi connectivity index (χ0v) is 16.9. The van der Waals surface area contributed by atoms with Gasteiger partial charge in [-0.25, -0.2) is 9.98 Å². The molecule has 0 bridgehead atoms. The highest BCUT2D eigenvalue weighted by molar-refractivity contribution is 6.02. The third-order valence-corrected chi connectivity index (χ3v) is 4.94. The lowest BCUT2D eigenvalue weighted by molar-refractivity contribution is -0.170. The molecule has 10 heteroatoms. The smallest absolute Gasteiger partial charge is 0.411 e. The molecule has 1 N–H and O–H groups in total. The summed E-state index contributed by atoms with van der Waals surface area (Å²) >= 11 is 0. The number of ether oxygens (including phenoxy) is 1. The molecule has 7 nitrogen and oxygen atoms in total. The van der Waals surface area contributed by atoms with E-state index in [1.54, 1.807) is 38.7 Å². The molecule has 1 aromatic heterocycles. The molecule has 3 rings (SSSR count). The minimum absolute atomic E-state index is 0.0901. The Hall–Kier alpha value is -2.91. The summed E-state index contributed by atoms with van der Waals surface area (Å²) in [6, 6.07) is 3.39. The topological polar surface area (TPSA) is 79.2 Å². The highest BCUT2D eigenvalue weighted by Gasteiger charge is 2.64. The van der Waals surface area contributed by atoms with Crippen LogP contribution in [-0.4, -0.2) is 60.3 Å². The number of likely N-dealkylation sites (N-methyl/N-ethyl adjacent to an activating group) is 1. The Morgan fingerprint density at radius 2 is 2.10 bits per heavy atom. The molecule has 0 saturated heterocycles. The van der Waals surface area contributed by atoms with Gasteiger partial charge in [-0.2, -0.15) is 13.2 Å². The quantitative estimate of drug-likeness (QED) is 0.763. The first-order valence-electron chi connectivity index (χ1n) is 9.65. The molecule has 0 atom stereocenters. The van der Waals surface area contributed by atoms with Crippen LogP contribution in [-0.2, 0) is 4.79 Å². The van der Waals surface area contributed by atoms with E-state index in [1.807, 2.05) is 6.08 Å². The fraction of sp³-hybridized carbons (Fsp3) is 0.500. The summed E-state index contributed by atoms with van der Waals surface area (Å²) in [6.07, 6.45) is 2.82. The van der Waals surface area contributed by atoms with Gasteiger partial charge >= 0.3 is 6.18 Å². The number of methoxy groups -OCH3 is 1. The van der Waals surface area contributed by atoms with Gasteiger partial charge in [0, 0.05) is 25.5 Å². The number of carbonyl (C=O) groups is 1. The Bertz CT molecular complexity index is 875. The van der Waals surface area contributed by atoms with Crippen molar-refractivity contribution >= 4 is 18.0 Å². The fourth-order valence-corrected chi connectivity index (χ4v) is 3.01. The number of rotatable bonds is 6. The summed E-state index contributed by atoms with van der Waals surface area (Å²) in [4.78, 5) is 27.0. The van der Waals surface area contributed by atoms with E-state index in [1.165, 1.54) is 4.90 Å². The van der Waals surface area contributed by atoms with Crippen LogP contribution in [0.5, 0.6) is 5.75 Å². The van der Waals surface area contributed by atoms with Gasteiger partial charge in [0.15, 0.2) is 5.84 Å². The van der Waals surface area contributed by atoms with Gasteiger partial charge in [-0.3, -0.25) is 9.78 Å². The number of carbonyl (C=O) groups excluding carboxylic acids is 1. The number of allylic oxidation sites excluding steroid dienone is 1. The van der Waals surface area contributed by atoms with Crippen LogP contribution in [0, 0.1) is 0 Å². The number of hydrogen-bond acceptors (Lipinski definition) is 6. The van der Waals surface area contributed by atoms with Gasteiger partial charge in [0.2, 0.25) is 5.91 Å². The number of hydrogen-bond donors (Lipinski definition) is 1. The fourth-order valence-electron chi connectivity index (χ4n) is 3.01. The Morgan fingerprint density at radius 3 is 2.77 bits per heavy atom. The number of halogens is 3. The largest absolute Gasteiger partial charge is 0.497 e. The number of nitrogens with zero attached hydrogens (tertiary/aromatic N) is 4. The minimum Gasteiger partial charge on any atom is -0.497 e. The van der Waals surface area contributed by atoms with Crippen molar-refractivity contribution in [2.45, 2.75) is 43.8 Å². The molecule has 1 aromatic rings. The van der Waals surface area contributed by atoms with E-state index in [2.05, 4.69) is 20.3 Å². The first-order valence-corrected chi connectivity index (χ1v) is 9.65. The molecule has 2 aliphatic rings. The monoisotopic (exact) mass is 423 g/mol. The summed E-state index contributed by atoms with van der Waals surface area (Å²) in [6.45, 7) is -0.254. The van der Waals surface area contributed by atoms with Crippen LogP contribution in [0.4, 0.5) is 13.2 Å². The predicted molar refractivity (Wildman–Crippen MR) is 107 cm³/mol. The van der Waals surface area contributed by atoms with Crippen molar-refractivity contribution in [3.8, 4) is 5.75 Å². The van der Waals surface area contributed by atoms with Gasteiger partial charge in [0.05, 0.1) is 13.7 Å². The highest BCUT2D eigenvalue weighted by Crippen LogP contribution is 2.48. The van der Waals surface area contributed by atoms with E-state index in [0.29, 0.717) is 29.5 Å². The molecule has 1 saturated carbocycles. The van der Waals surface area contributed by atoms with Crippen LogP contribution in [0.2, 0.25) is 0 Å². The molecular formula is C20H24F3N5O2. The molecule has 1 aliphatic carbocycles. The Kier molecular flexibility index (Phi) is 6.42. The lowest BCUT2D eigenvalue weighted by atomic mass is 10.2. The van der Waals surface area contributed by atoms with E-state index in [0.717, 1.165) is 12.8 Å². The maximum atomic E-state index is 13.1. The van der Waals surface area contributed by atoms with Crippen LogP contribution in [0.25, 0.3) is 0 Å². The third-order valence-electron chi connectivity index (χ3n) is 4.94. The minimum atomic E-state index is -4.45. The summed E-state index contributed by atoms with van der Waals surface area (Å²) in [5.74, 6) is 0.676. The average molecular weight is 423 g/mol. The van der Waals surface area contributed by atoms with Crippen molar-refractivity contribution in [3.05, 3.63) is 35.9 Å².